The van der Waals surface area contributed by atoms with Crippen molar-refractivity contribution in [3.63, 3.8) is 0 Å². The van der Waals surface area contributed by atoms with Crippen molar-refractivity contribution in [2.45, 2.75) is 20.1 Å². The summed E-state index contributed by atoms with van der Waals surface area (Å²) in [7, 11) is 0. The van der Waals surface area contributed by atoms with Crippen LogP contribution in [0.15, 0.2) is 42.5 Å². The minimum Gasteiger partial charge on any atom is -0.372 e. The topological polar surface area (TPSA) is 26.3 Å². The van der Waals surface area contributed by atoms with Crippen LogP contribution in [0.25, 0.3) is 0 Å². The van der Waals surface area contributed by atoms with E-state index in [4.69, 9.17) is 4.74 Å². The van der Waals surface area contributed by atoms with Crippen molar-refractivity contribution in [2.75, 3.05) is 0 Å². The number of carbonyl (C=O) groups is 1. The number of fused-ring (bicyclic) bond motifs is 1. The first-order valence-electron chi connectivity index (χ1n) is 6.05. The van der Waals surface area contributed by atoms with E-state index in [9.17, 15) is 4.79 Å². The molecule has 0 fully saturated rings. The highest BCUT2D eigenvalue weighted by Gasteiger charge is 2.15. The fourth-order valence-electron chi connectivity index (χ4n) is 2.27. The predicted octanol–water partition coefficient (Wildman–Crippen LogP) is 3.26. The van der Waals surface area contributed by atoms with Gasteiger partial charge in [-0.2, -0.15) is 0 Å². The molecule has 0 N–H and O–H groups in total. The number of carbonyl (C=O) groups excluding carboxylic acids is 1. The quantitative estimate of drug-likeness (QED) is 0.751. The molecule has 2 heteroatoms. The van der Waals surface area contributed by atoms with E-state index in [0.29, 0.717) is 13.2 Å². The number of aryl methyl sites for hydroxylation is 1. The first kappa shape index (κ1) is 11.2. The smallest absolute Gasteiger partial charge is 0.193 e. The molecule has 0 saturated heterocycles. The van der Waals surface area contributed by atoms with Gasteiger partial charge in [0.15, 0.2) is 5.78 Å². The van der Waals surface area contributed by atoms with Gasteiger partial charge in [0, 0.05) is 11.1 Å². The number of ether oxygens (including phenoxy) is 1. The number of hydrogen-bond acceptors (Lipinski definition) is 2. The van der Waals surface area contributed by atoms with Crippen molar-refractivity contribution in [3.8, 4) is 0 Å². The summed E-state index contributed by atoms with van der Waals surface area (Å²) >= 11 is 0. The van der Waals surface area contributed by atoms with Crippen LogP contribution in [0.3, 0.4) is 0 Å². The molecule has 0 spiro atoms. The summed E-state index contributed by atoms with van der Waals surface area (Å²) in [5, 5.41) is 0. The minimum atomic E-state index is 0.0772. The second-order valence-electron chi connectivity index (χ2n) is 4.67. The molecule has 1 aliphatic rings. The number of benzene rings is 2. The normalized spacial score (nSPS) is 13.4. The summed E-state index contributed by atoms with van der Waals surface area (Å²) in [6.45, 7) is 3.27. The van der Waals surface area contributed by atoms with Gasteiger partial charge in [-0.05, 0) is 30.2 Å². The predicted molar refractivity (Wildman–Crippen MR) is 69.5 cm³/mol. The summed E-state index contributed by atoms with van der Waals surface area (Å²) in [5.74, 6) is 0.0772. The third-order valence-electron chi connectivity index (χ3n) is 3.26. The third-order valence-corrected chi connectivity index (χ3v) is 3.26. The van der Waals surface area contributed by atoms with Crippen LogP contribution in [0.2, 0.25) is 0 Å². The van der Waals surface area contributed by atoms with Crippen LogP contribution in [0, 0.1) is 6.92 Å². The van der Waals surface area contributed by atoms with Crippen molar-refractivity contribution in [1.82, 2.24) is 0 Å². The zero-order valence-electron chi connectivity index (χ0n) is 10.3. The van der Waals surface area contributed by atoms with Gasteiger partial charge in [-0.3, -0.25) is 4.79 Å². The second kappa shape index (κ2) is 4.39. The van der Waals surface area contributed by atoms with Gasteiger partial charge in [0.25, 0.3) is 0 Å². The monoisotopic (exact) mass is 238 g/mol. The third kappa shape index (κ3) is 1.95. The molecule has 0 aromatic heterocycles. The Balaban J connectivity index is 1.98. The molecule has 1 aliphatic heterocycles. The first-order valence-corrected chi connectivity index (χ1v) is 6.05. The standard InChI is InChI=1S/C16H14O2/c1-11-3-2-4-12(7-11)16(17)13-5-6-14-9-18-10-15(14)8-13/h2-8H,9-10H2,1H3. The van der Waals surface area contributed by atoms with Crippen LogP contribution in [-0.4, -0.2) is 5.78 Å². The SMILES string of the molecule is Cc1cccc(C(=O)c2ccc3c(c2)COC3)c1. The van der Waals surface area contributed by atoms with E-state index >= 15 is 0 Å². The molecule has 2 nitrogen and oxygen atoms in total. The highest BCUT2D eigenvalue weighted by molar-refractivity contribution is 6.09. The van der Waals surface area contributed by atoms with Gasteiger partial charge in [-0.1, -0.05) is 35.9 Å². The largest absolute Gasteiger partial charge is 0.372 e. The lowest BCUT2D eigenvalue weighted by molar-refractivity contribution is 0.103. The van der Waals surface area contributed by atoms with E-state index < -0.39 is 0 Å². The van der Waals surface area contributed by atoms with Gasteiger partial charge >= 0.3 is 0 Å². The van der Waals surface area contributed by atoms with E-state index in [1.165, 1.54) is 5.56 Å². The van der Waals surface area contributed by atoms with Crippen LogP contribution < -0.4 is 0 Å². The zero-order valence-corrected chi connectivity index (χ0v) is 10.3. The highest BCUT2D eigenvalue weighted by Crippen LogP contribution is 2.22. The Kier molecular flexibility index (Phi) is 2.73. The Morgan fingerprint density at radius 3 is 2.61 bits per heavy atom. The molecule has 0 saturated carbocycles. The Morgan fingerprint density at radius 1 is 1.00 bits per heavy atom. The van der Waals surface area contributed by atoms with Gasteiger partial charge in [0.2, 0.25) is 0 Å². The van der Waals surface area contributed by atoms with Crippen molar-refractivity contribution in [1.29, 1.82) is 0 Å². The Bertz CT molecular complexity index is 614. The Morgan fingerprint density at radius 2 is 1.78 bits per heavy atom. The van der Waals surface area contributed by atoms with E-state index in [1.807, 2.05) is 49.4 Å². The van der Waals surface area contributed by atoms with Crippen LogP contribution >= 0.6 is 0 Å². The lowest BCUT2D eigenvalue weighted by atomic mass is 9.98. The van der Waals surface area contributed by atoms with Crippen LogP contribution in [0.5, 0.6) is 0 Å². The molecule has 0 atom stereocenters. The maximum absolute atomic E-state index is 12.4. The van der Waals surface area contributed by atoms with Crippen LogP contribution in [0.4, 0.5) is 0 Å². The molecule has 0 amide bonds. The van der Waals surface area contributed by atoms with E-state index in [0.717, 1.165) is 22.3 Å². The van der Waals surface area contributed by atoms with Gasteiger partial charge in [-0.15, -0.1) is 0 Å². The number of hydrogen-bond donors (Lipinski definition) is 0. The molecule has 0 aliphatic carbocycles. The average Bonchev–Trinajstić information content (AvgIpc) is 2.85. The molecule has 0 bridgehead atoms. The summed E-state index contributed by atoms with van der Waals surface area (Å²) in [6, 6.07) is 13.5. The van der Waals surface area contributed by atoms with Crippen LogP contribution in [0.1, 0.15) is 32.6 Å². The van der Waals surface area contributed by atoms with Crippen LogP contribution in [-0.2, 0) is 18.0 Å². The fourth-order valence-corrected chi connectivity index (χ4v) is 2.27. The van der Waals surface area contributed by atoms with Gasteiger partial charge in [0.05, 0.1) is 13.2 Å². The maximum atomic E-state index is 12.4. The second-order valence-corrected chi connectivity index (χ2v) is 4.67. The molecule has 2 aromatic carbocycles. The molecule has 0 radical (unpaired) electrons. The molecule has 3 rings (SSSR count). The number of rotatable bonds is 2. The maximum Gasteiger partial charge on any atom is 0.193 e. The van der Waals surface area contributed by atoms with Crippen molar-refractivity contribution in [2.24, 2.45) is 0 Å². The van der Waals surface area contributed by atoms with Gasteiger partial charge in [0.1, 0.15) is 0 Å². The molecule has 18 heavy (non-hydrogen) atoms. The van der Waals surface area contributed by atoms with E-state index in [1.54, 1.807) is 0 Å². The Hall–Kier alpha value is -1.93. The molecular weight excluding hydrogens is 224 g/mol. The van der Waals surface area contributed by atoms with E-state index in [2.05, 4.69) is 0 Å². The summed E-state index contributed by atoms with van der Waals surface area (Å²) in [4.78, 5) is 12.4. The fraction of sp³-hybridized carbons (Fsp3) is 0.188. The Labute approximate surface area is 106 Å². The van der Waals surface area contributed by atoms with Gasteiger partial charge < -0.3 is 4.74 Å². The summed E-state index contributed by atoms with van der Waals surface area (Å²) in [5.41, 5.74) is 4.91. The lowest BCUT2D eigenvalue weighted by Gasteiger charge is -2.04. The lowest BCUT2D eigenvalue weighted by Crippen LogP contribution is -2.02. The minimum absolute atomic E-state index is 0.0772. The van der Waals surface area contributed by atoms with Crippen molar-refractivity contribution < 1.29 is 9.53 Å². The molecule has 90 valence electrons. The molecule has 0 unspecified atom stereocenters. The highest BCUT2D eigenvalue weighted by atomic mass is 16.5. The van der Waals surface area contributed by atoms with Crippen molar-refractivity contribution in [3.05, 3.63) is 70.3 Å². The molecule has 1 heterocycles. The number of ketones is 1. The van der Waals surface area contributed by atoms with E-state index in [-0.39, 0.29) is 5.78 Å². The molecular formula is C16H14O2. The van der Waals surface area contributed by atoms with Gasteiger partial charge in [-0.25, -0.2) is 0 Å². The average molecular weight is 238 g/mol. The zero-order chi connectivity index (χ0) is 12.5. The molecule has 2 aromatic rings. The summed E-state index contributed by atoms with van der Waals surface area (Å²) in [6.07, 6.45) is 0. The van der Waals surface area contributed by atoms with Crippen molar-refractivity contribution >= 4 is 5.78 Å². The first-order chi connectivity index (χ1) is 8.74. The summed E-state index contributed by atoms with van der Waals surface area (Å²) < 4.78 is 5.36.